The molecule has 0 radical (unpaired) electrons. The average molecular weight is 506 g/mol. The highest BCUT2D eigenvalue weighted by Crippen LogP contribution is 2.32. The van der Waals surface area contributed by atoms with E-state index in [0.29, 0.717) is 36.9 Å². The molecule has 0 saturated heterocycles. The standard InChI is InChI=1S/C25H27N7O3S/c1-4-11-32-21-8-7-20(13-19(21)14-22(32)33)28-25-27-15-17-9-12-31(24(17)29-25)16-18-6-5-10-26-23(18)30(2)36(3,34)35/h5-10,12-13,15H,4,11,14,16H2,1-3H3,(H,27,28,29). The smallest absolute Gasteiger partial charge is 0.233 e. The summed E-state index contributed by atoms with van der Waals surface area (Å²) in [5.74, 6) is 0.923. The summed E-state index contributed by atoms with van der Waals surface area (Å²) in [5.41, 5.74) is 4.21. The van der Waals surface area contributed by atoms with Crippen LogP contribution in [0.1, 0.15) is 24.5 Å². The van der Waals surface area contributed by atoms with Crippen molar-refractivity contribution in [2.75, 3.05) is 34.4 Å². The van der Waals surface area contributed by atoms with Crippen LogP contribution in [-0.4, -0.2) is 53.7 Å². The molecule has 0 aliphatic carbocycles. The molecule has 0 saturated carbocycles. The molecule has 3 aromatic heterocycles. The van der Waals surface area contributed by atoms with Gasteiger partial charge in [-0.15, -0.1) is 0 Å². The number of hydrogen-bond acceptors (Lipinski definition) is 7. The van der Waals surface area contributed by atoms with Crippen LogP contribution in [0.25, 0.3) is 11.0 Å². The second-order valence-electron chi connectivity index (χ2n) is 8.82. The first kappa shape index (κ1) is 23.7. The van der Waals surface area contributed by atoms with Gasteiger partial charge in [0.1, 0.15) is 11.5 Å². The molecule has 10 nitrogen and oxygen atoms in total. The van der Waals surface area contributed by atoms with E-state index in [9.17, 15) is 13.2 Å². The summed E-state index contributed by atoms with van der Waals surface area (Å²) in [6.07, 6.45) is 7.66. The van der Waals surface area contributed by atoms with E-state index in [2.05, 4.69) is 22.2 Å². The molecule has 0 unspecified atom stereocenters. The van der Waals surface area contributed by atoms with Crippen molar-refractivity contribution in [1.82, 2.24) is 19.5 Å². The van der Waals surface area contributed by atoms with Crippen LogP contribution in [0.5, 0.6) is 0 Å². The zero-order valence-electron chi connectivity index (χ0n) is 20.3. The number of pyridine rings is 1. The van der Waals surface area contributed by atoms with Crippen molar-refractivity contribution in [3.63, 3.8) is 0 Å². The molecule has 4 aromatic rings. The molecule has 0 fully saturated rings. The Hall–Kier alpha value is -3.99. The molecule has 1 N–H and O–H groups in total. The van der Waals surface area contributed by atoms with Crippen LogP contribution in [0.2, 0.25) is 0 Å². The maximum absolute atomic E-state index is 12.4. The van der Waals surface area contributed by atoms with E-state index < -0.39 is 10.0 Å². The van der Waals surface area contributed by atoms with E-state index in [1.807, 2.05) is 46.0 Å². The number of fused-ring (bicyclic) bond motifs is 2. The summed E-state index contributed by atoms with van der Waals surface area (Å²) >= 11 is 0. The van der Waals surface area contributed by atoms with Crippen molar-refractivity contribution in [3.05, 3.63) is 66.1 Å². The van der Waals surface area contributed by atoms with E-state index >= 15 is 0 Å². The Kier molecular flexibility index (Phi) is 6.09. The van der Waals surface area contributed by atoms with Crippen LogP contribution in [0.4, 0.5) is 23.1 Å². The molecule has 1 aliphatic rings. The second kappa shape index (κ2) is 9.23. The first-order valence-electron chi connectivity index (χ1n) is 11.6. The lowest BCUT2D eigenvalue weighted by Gasteiger charge is -2.19. The lowest BCUT2D eigenvalue weighted by atomic mass is 10.1. The van der Waals surface area contributed by atoms with Gasteiger partial charge in [-0.25, -0.2) is 18.4 Å². The lowest BCUT2D eigenvalue weighted by molar-refractivity contribution is -0.117. The topological polar surface area (TPSA) is 113 Å². The Morgan fingerprint density at radius 1 is 1.17 bits per heavy atom. The number of nitrogens with zero attached hydrogens (tertiary/aromatic N) is 6. The molecule has 36 heavy (non-hydrogen) atoms. The van der Waals surface area contributed by atoms with E-state index in [0.717, 1.165) is 40.6 Å². The van der Waals surface area contributed by atoms with Gasteiger partial charge in [0.15, 0.2) is 0 Å². The third-order valence-corrected chi connectivity index (χ3v) is 7.39. The maximum atomic E-state index is 12.4. The van der Waals surface area contributed by atoms with Crippen molar-refractivity contribution < 1.29 is 13.2 Å². The van der Waals surface area contributed by atoms with Crippen molar-refractivity contribution in [2.45, 2.75) is 26.3 Å². The molecule has 0 bridgehead atoms. The number of benzene rings is 1. The van der Waals surface area contributed by atoms with Gasteiger partial charge in [-0.2, -0.15) is 4.98 Å². The van der Waals surface area contributed by atoms with E-state index in [-0.39, 0.29) is 5.91 Å². The Labute approximate surface area is 209 Å². The second-order valence-corrected chi connectivity index (χ2v) is 10.8. The van der Waals surface area contributed by atoms with Gasteiger partial charge in [0.05, 0.1) is 19.2 Å². The highest BCUT2D eigenvalue weighted by molar-refractivity contribution is 7.92. The Balaban J connectivity index is 1.42. The normalized spacial score (nSPS) is 13.3. The third kappa shape index (κ3) is 4.49. The largest absolute Gasteiger partial charge is 0.328 e. The number of amides is 1. The first-order chi connectivity index (χ1) is 17.2. The molecule has 11 heteroatoms. The number of carbonyl (C=O) groups is 1. The summed E-state index contributed by atoms with van der Waals surface area (Å²) in [7, 11) is -1.96. The van der Waals surface area contributed by atoms with Crippen LogP contribution in [0, 0.1) is 0 Å². The van der Waals surface area contributed by atoms with Crippen molar-refractivity contribution in [3.8, 4) is 0 Å². The van der Waals surface area contributed by atoms with Crippen LogP contribution >= 0.6 is 0 Å². The number of nitrogens with one attached hydrogen (secondary N) is 1. The van der Waals surface area contributed by atoms with Crippen LogP contribution in [-0.2, 0) is 27.8 Å². The highest BCUT2D eigenvalue weighted by atomic mass is 32.2. The van der Waals surface area contributed by atoms with Gasteiger partial charge in [0, 0.05) is 54.5 Å². The fourth-order valence-corrected chi connectivity index (χ4v) is 4.87. The maximum Gasteiger partial charge on any atom is 0.233 e. The zero-order chi connectivity index (χ0) is 25.4. The van der Waals surface area contributed by atoms with Crippen LogP contribution < -0.4 is 14.5 Å². The van der Waals surface area contributed by atoms with Gasteiger partial charge >= 0.3 is 0 Å². The van der Waals surface area contributed by atoms with Crippen LogP contribution in [0.15, 0.2) is 55.0 Å². The molecule has 186 valence electrons. The molecule has 4 heterocycles. The molecular weight excluding hydrogens is 478 g/mol. The predicted molar refractivity (Wildman–Crippen MR) is 140 cm³/mol. The minimum atomic E-state index is -3.45. The Bertz CT molecular complexity index is 1570. The van der Waals surface area contributed by atoms with Gasteiger partial charge < -0.3 is 14.8 Å². The minimum absolute atomic E-state index is 0.121. The van der Waals surface area contributed by atoms with Gasteiger partial charge in [-0.1, -0.05) is 13.0 Å². The van der Waals surface area contributed by atoms with Gasteiger partial charge in [-0.3, -0.25) is 9.10 Å². The summed E-state index contributed by atoms with van der Waals surface area (Å²) < 4.78 is 27.3. The van der Waals surface area contributed by atoms with E-state index in [1.165, 1.54) is 11.4 Å². The summed E-state index contributed by atoms with van der Waals surface area (Å²) in [6.45, 7) is 3.16. The van der Waals surface area contributed by atoms with Crippen molar-refractivity contribution in [2.24, 2.45) is 0 Å². The molecule has 5 rings (SSSR count). The first-order valence-corrected chi connectivity index (χ1v) is 13.5. The van der Waals surface area contributed by atoms with E-state index in [1.54, 1.807) is 18.5 Å². The number of rotatable bonds is 8. The molecule has 1 amide bonds. The fourth-order valence-electron chi connectivity index (χ4n) is 4.39. The molecule has 0 atom stereocenters. The highest BCUT2D eigenvalue weighted by Gasteiger charge is 2.26. The zero-order valence-corrected chi connectivity index (χ0v) is 21.2. The third-order valence-electron chi connectivity index (χ3n) is 6.22. The Morgan fingerprint density at radius 3 is 2.78 bits per heavy atom. The van der Waals surface area contributed by atoms with Crippen molar-refractivity contribution in [1.29, 1.82) is 0 Å². The monoisotopic (exact) mass is 505 g/mol. The predicted octanol–water partition coefficient (Wildman–Crippen LogP) is 3.31. The number of sulfonamides is 1. The molecular formula is C25H27N7O3S. The number of aromatic nitrogens is 4. The summed E-state index contributed by atoms with van der Waals surface area (Å²) in [4.78, 5) is 27.6. The lowest BCUT2D eigenvalue weighted by Crippen LogP contribution is -2.27. The van der Waals surface area contributed by atoms with E-state index in [4.69, 9.17) is 4.98 Å². The Morgan fingerprint density at radius 2 is 2.00 bits per heavy atom. The van der Waals surface area contributed by atoms with Gasteiger partial charge in [-0.05, 0) is 42.3 Å². The molecule has 0 spiro atoms. The van der Waals surface area contributed by atoms with Gasteiger partial charge in [0.2, 0.25) is 21.9 Å². The molecule has 1 aromatic carbocycles. The number of anilines is 4. The summed E-state index contributed by atoms with van der Waals surface area (Å²) in [5, 5.41) is 4.11. The van der Waals surface area contributed by atoms with Crippen molar-refractivity contribution >= 4 is 50.1 Å². The average Bonchev–Trinajstić information content (AvgIpc) is 3.38. The number of carbonyl (C=O) groups excluding carboxylic acids is 1. The van der Waals surface area contributed by atoms with Gasteiger partial charge in [0.25, 0.3) is 0 Å². The molecule has 1 aliphatic heterocycles. The fraction of sp³-hybridized carbons (Fsp3) is 0.280. The summed E-state index contributed by atoms with van der Waals surface area (Å²) in [6, 6.07) is 11.4. The quantitative estimate of drug-likeness (QED) is 0.391. The minimum Gasteiger partial charge on any atom is -0.328 e. The SMILES string of the molecule is CCCN1C(=O)Cc2cc(Nc3ncc4ccn(Cc5cccnc5N(C)S(C)(=O)=O)c4n3)ccc21. The number of hydrogen-bond donors (Lipinski definition) is 1. The van der Waals surface area contributed by atoms with Crippen LogP contribution in [0.3, 0.4) is 0 Å².